The molecule has 1 aliphatic rings. The van der Waals surface area contributed by atoms with E-state index in [1.807, 2.05) is 13.0 Å². The van der Waals surface area contributed by atoms with Crippen LogP contribution >= 0.6 is 0 Å². The molecule has 0 saturated carbocycles. The highest BCUT2D eigenvalue weighted by Gasteiger charge is 1.94. The summed E-state index contributed by atoms with van der Waals surface area (Å²) in [4.78, 5) is 0. The van der Waals surface area contributed by atoms with Gasteiger partial charge in [-0.25, -0.2) is 0 Å². The first kappa shape index (κ1) is 8.45. The maximum Gasteiger partial charge on any atom is 0.0618 e. The van der Waals surface area contributed by atoms with Gasteiger partial charge in [-0.15, -0.1) is 0 Å². The minimum Gasteiger partial charge on any atom is -0.381 e. The molecule has 1 aliphatic heterocycles. The summed E-state index contributed by atoms with van der Waals surface area (Å²) in [7, 11) is 0. The molecule has 1 fully saturated rings. The molecule has 0 N–H and O–H groups in total. The van der Waals surface area contributed by atoms with Crippen molar-refractivity contribution in [3.8, 4) is 6.07 Å². The second-order valence-electron chi connectivity index (χ2n) is 1.83. The molecule has 0 bridgehead atoms. The van der Waals surface area contributed by atoms with Crippen LogP contribution in [0.15, 0.2) is 0 Å². The second kappa shape index (κ2) is 7.45. The van der Waals surface area contributed by atoms with Gasteiger partial charge in [0.05, 0.1) is 6.07 Å². The van der Waals surface area contributed by atoms with Gasteiger partial charge in [0.15, 0.2) is 0 Å². The normalized spacial score (nSPS) is 15.6. The zero-order valence-corrected chi connectivity index (χ0v) is 5.89. The van der Waals surface area contributed by atoms with Gasteiger partial charge < -0.3 is 4.74 Å². The quantitative estimate of drug-likeness (QED) is 0.496. The van der Waals surface area contributed by atoms with Gasteiger partial charge in [-0.1, -0.05) is 6.92 Å². The third-order valence-electron chi connectivity index (χ3n) is 0.985. The van der Waals surface area contributed by atoms with Gasteiger partial charge in [-0.3, -0.25) is 0 Å². The highest BCUT2D eigenvalue weighted by molar-refractivity contribution is 4.61. The monoisotopic (exact) mass is 127 g/mol. The van der Waals surface area contributed by atoms with Crippen molar-refractivity contribution >= 4 is 0 Å². The fourth-order valence-electron chi connectivity index (χ4n) is 0.510. The van der Waals surface area contributed by atoms with E-state index in [4.69, 9.17) is 10.00 Å². The molecule has 1 heterocycles. The topological polar surface area (TPSA) is 33.0 Å². The number of rotatable bonds is 0. The number of hydrogen-bond donors (Lipinski definition) is 0. The molecule has 0 unspecified atom stereocenters. The van der Waals surface area contributed by atoms with Crippen molar-refractivity contribution in [2.45, 2.75) is 26.2 Å². The average molecular weight is 127 g/mol. The maximum atomic E-state index is 7.62. The van der Waals surface area contributed by atoms with E-state index >= 15 is 0 Å². The smallest absolute Gasteiger partial charge is 0.0618 e. The maximum absolute atomic E-state index is 7.62. The highest BCUT2D eigenvalue weighted by Crippen LogP contribution is 1.98. The van der Waals surface area contributed by atoms with E-state index in [-0.39, 0.29) is 0 Å². The standard InChI is InChI=1S/C4H8O.C3H5N/c1-2-4-5-3-1;1-2-3-4/h1-4H2;2H2,1H3. The molecular weight excluding hydrogens is 114 g/mol. The summed E-state index contributed by atoms with van der Waals surface area (Å²) >= 11 is 0. The van der Waals surface area contributed by atoms with Crippen LogP contribution in [0.2, 0.25) is 0 Å². The number of ether oxygens (including phenoxy) is 1. The Morgan fingerprint density at radius 3 is 2.00 bits per heavy atom. The molecule has 0 radical (unpaired) electrons. The van der Waals surface area contributed by atoms with Crippen LogP contribution in [0, 0.1) is 11.3 Å². The van der Waals surface area contributed by atoms with Crippen LogP contribution in [0.25, 0.3) is 0 Å². The fraction of sp³-hybridized carbons (Fsp3) is 0.857. The molecule has 0 amide bonds. The van der Waals surface area contributed by atoms with E-state index in [2.05, 4.69) is 0 Å². The Morgan fingerprint density at radius 1 is 1.44 bits per heavy atom. The molecule has 2 heteroatoms. The van der Waals surface area contributed by atoms with Crippen LogP contribution in [-0.4, -0.2) is 13.2 Å². The zero-order valence-electron chi connectivity index (χ0n) is 5.89. The van der Waals surface area contributed by atoms with Crippen LogP contribution in [0.1, 0.15) is 26.2 Å². The predicted molar refractivity (Wildman–Crippen MR) is 36.0 cm³/mol. The summed E-state index contributed by atoms with van der Waals surface area (Å²) in [6.45, 7) is 3.82. The van der Waals surface area contributed by atoms with E-state index in [9.17, 15) is 0 Å². The largest absolute Gasteiger partial charge is 0.381 e. The lowest BCUT2D eigenvalue weighted by Crippen LogP contribution is -1.74. The van der Waals surface area contributed by atoms with E-state index < -0.39 is 0 Å². The van der Waals surface area contributed by atoms with Gasteiger partial charge >= 0.3 is 0 Å². The molecule has 0 aromatic carbocycles. The van der Waals surface area contributed by atoms with E-state index in [1.165, 1.54) is 12.8 Å². The molecule has 1 rings (SSSR count). The number of nitrogens with zero attached hydrogens (tertiary/aromatic N) is 1. The molecule has 2 nitrogen and oxygen atoms in total. The lowest BCUT2D eigenvalue weighted by Gasteiger charge is -1.76. The summed E-state index contributed by atoms with van der Waals surface area (Å²) < 4.78 is 4.94. The van der Waals surface area contributed by atoms with Gasteiger partial charge in [0.25, 0.3) is 0 Å². The lowest BCUT2D eigenvalue weighted by atomic mass is 10.4. The van der Waals surface area contributed by atoms with Gasteiger partial charge in [0.1, 0.15) is 0 Å². The van der Waals surface area contributed by atoms with Crippen molar-refractivity contribution in [3.63, 3.8) is 0 Å². The zero-order chi connectivity index (χ0) is 6.95. The van der Waals surface area contributed by atoms with Crippen molar-refractivity contribution in [1.29, 1.82) is 5.26 Å². The molecule has 52 valence electrons. The Hall–Kier alpha value is -0.550. The molecule has 1 saturated heterocycles. The summed E-state index contributed by atoms with van der Waals surface area (Å²) in [6.07, 6.45) is 3.18. The van der Waals surface area contributed by atoms with Gasteiger partial charge in [-0.2, -0.15) is 5.26 Å². The van der Waals surface area contributed by atoms with E-state index in [1.54, 1.807) is 0 Å². The minimum atomic E-state index is 0.625. The summed E-state index contributed by atoms with van der Waals surface area (Å²) in [5.74, 6) is 0. The Bertz CT molecular complexity index is 73.8. The lowest BCUT2D eigenvalue weighted by molar-refractivity contribution is 0.198. The summed E-state index contributed by atoms with van der Waals surface area (Å²) in [6, 6.07) is 1.93. The van der Waals surface area contributed by atoms with Crippen LogP contribution in [0.5, 0.6) is 0 Å². The Kier molecular flexibility index (Phi) is 6.99. The average Bonchev–Trinajstić information content (AvgIpc) is 2.43. The van der Waals surface area contributed by atoms with Crippen LogP contribution < -0.4 is 0 Å². The van der Waals surface area contributed by atoms with Crippen molar-refractivity contribution in [3.05, 3.63) is 0 Å². The molecule has 0 aromatic heterocycles. The second-order valence-corrected chi connectivity index (χ2v) is 1.83. The van der Waals surface area contributed by atoms with Gasteiger partial charge in [0.2, 0.25) is 0 Å². The fourth-order valence-corrected chi connectivity index (χ4v) is 0.510. The summed E-state index contributed by atoms with van der Waals surface area (Å²) in [5, 5.41) is 7.62. The predicted octanol–water partition coefficient (Wildman–Crippen LogP) is 1.72. The first-order chi connectivity index (χ1) is 4.41. The molecule has 0 spiro atoms. The molecule has 0 atom stereocenters. The molecular formula is C7H13NO. The van der Waals surface area contributed by atoms with Crippen molar-refractivity contribution < 1.29 is 4.74 Å². The number of nitriles is 1. The van der Waals surface area contributed by atoms with Gasteiger partial charge in [0, 0.05) is 19.6 Å². The molecule has 9 heavy (non-hydrogen) atoms. The van der Waals surface area contributed by atoms with E-state index in [0.717, 1.165) is 13.2 Å². The SMILES string of the molecule is C1CCOC1.CCC#N. The van der Waals surface area contributed by atoms with Crippen LogP contribution in [0.3, 0.4) is 0 Å². The number of hydrogen-bond acceptors (Lipinski definition) is 2. The molecule has 0 aromatic rings. The van der Waals surface area contributed by atoms with Crippen molar-refractivity contribution in [2.24, 2.45) is 0 Å². The van der Waals surface area contributed by atoms with Crippen molar-refractivity contribution in [1.82, 2.24) is 0 Å². The van der Waals surface area contributed by atoms with Gasteiger partial charge in [-0.05, 0) is 12.8 Å². The Morgan fingerprint density at radius 2 is 1.89 bits per heavy atom. The van der Waals surface area contributed by atoms with Crippen LogP contribution in [-0.2, 0) is 4.74 Å². The van der Waals surface area contributed by atoms with Crippen molar-refractivity contribution in [2.75, 3.05) is 13.2 Å². The third-order valence-corrected chi connectivity index (χ3v) is 0.985. The summed E-state index contributed by atoms with van der Waals surface area (Å²) in [5.41, 5.74) is 0. The minimum absolute atomic E-state index is 0.625. The first-order valence-electron chi connectivity index (χ1n) is 3.36. The molecule has 0 aliphatic carbocycles. The first-order valence-corrected chi connectivity index (χ1v) is 3.36. The van der Waals surface area contributed by atoms with Crippen LogP contribution in [0.4, 0.5) is 0 Å². The Balaban J connectivity index is 0.000000148. The highest BCUT2D eigenvalue weighted by atomic mass is 16.5. The Labute approximate surface area is 56.4 Å². The van der Waals surface area contributed by atoms with E-state index in [0.29, 0.717) is 6.42 Å². The third kappa shape index (κ3) is 7.45.